The van der Waals surface area contributed by atoms with E-state index in [0.717, 1.165) is 19.6 Å². The molecule has 1 unspecified atom stereocenters. The van der Waals surface area contributed by atoms with Crippen molar-refractivity contribution in [3.8, 4) is 0 Å². The number of hydrogen-bond acceptors (Lipinski definition) is 5. The summed E-state index contributed by atoms with van der Waals surface area (Å²) in [7, 11) is 2.08. The van der Waals surface area contributed by atoms with Gasteiger partial charge in [-0.15, -0.1) is 0 Å². The van der Waals surface area contributed by atoms with E-state index in [1.165, 1.54) is 6.07 Å². The van der Waals surface area contributed by atoms with Gasteiger partial charge in [-0.05, 0) is 19.2 Å². The van der Waals surface area contributed by atoms with Gasteiger partial charge in [-0.25, -0.2) is 4.79 Å². The lowest BCUT2D eigenvalue weighted by molar-refractivity contribution is 0.0644. The number of carbonyl (C=O) groups is 1. The van der Waals surface area contributed by atoms with E-state index in [2.05, 4.69) is 16.8 Å². The number of furan rings is 1. The van der Waals surface area contributed by atoms with Gasteiger partial charge in [-0.3, -0.25) is 4.90 Å². The van der Waals surface area contributed by atoms with Gasteiger partial charge in [0.05, 0.1) is 6.54 Å². The number of carboxylic acid groups (broad SMARTS) is 1. The Morgan fingerprint density at radius 3 is 2.94 bits per heavy atom. The number of carboxylic acids is 1. The maximum atomic E-state index is 10.7. The van der Waals surface area contributed by atoms with Crippen LogP contribution in [0.15, 0.2) is 16.5 Å². The fourth-order valence-corrected chi connectivity index (χ4v) is 2.26. The molecule has 2 heterocycles. The topological polar surface area (TPSA) is 82.9 Å². The minimum absolute atomic E-state index is 0.0107. The van der Waals surface area contributed by atoms with Crippen molar-refractivity contribution in [2.75, 3.05) is 33.2 Å². The predicted octanol–water partition coefficient (Wildman–Crippen LogP) is 0.0525. The molecule has 1 saturated heterocycles. The van der Waals surface area contributed by atoms with Crippen LogP contribution in [0.5, 0.6) is 0 Å². The van der Waals surface area contributed by atoms with Crippen molar-refractivity contribution < 1.29 is 14.3 Å². The first-order chi connectivity index (χ1) is 8.60. The van der Waals surface area contributed by atoms with Crippen LogP contribution in [0.25, 0.3) is 0 Å². The molecule has 1 aliphatic rings. The van der Waals surface area contributed by atoms with Crippen molar-refractivity contribution in [1.29, 1.82) is 0 Å². The SMILES string of the molecule is CN1CCN(Cc2ccc(C(=O)O)o2)C(CN)C1. The number of nitrogens with zero attached hydrogens (tertiary/aromatic N) is 2. The molecule has 100 valence electrons. The van der Waals surface area contributed by atoms with Gasteiger partial charge in [-0.2, -0.15) is 0 Å². The standard InChI is InChI=1S/C12H19N3O3/c1-14-4-5-15(9(6-13)7-14)8-10-2-3-11(18-10)12(16)17/h2-3,9H,4-8,13H2,1H3,(H,16,17). The van der Waals surface area contributed by atoms with Gasteiger partial charge in [0.1, 0.15) is 5.76 Å². The summed E-state index contributed by atoms with van der Waals surface area (Å²) in [5.41, 5.74) is 5.77. The van der Waals surface area contributed by atoms with E-state index in [0.29, 0.717) is 24.9 Å². The number of nitrogens with two attached hydrogens (primary N) is 1. The zero-order valence-electron chi connectivity index (χ0n) is 10.5. The van der Waals surface area contributed by atoms with E-state index in [1.54, 1.807) is 6.07 Å². The fourth-order valence-electron chi connectivity index (χ4n) is 2.26. The van der Waals surface area contributed by atoms with E-state index in [9.17, 15) is 4.79 Å². The second kappa shape index (κ2) is 5.51. The average molecular weight is 253 g/mol. The first kappa shape index (κ1) is 13.1. The van der Waals surface area contributed by atoms with Crippen LogP contribution in [-0.2, 0) is 6.54 Å². The van der Waals surface area contributed by atoms with E-state index in [1.807, 2.05) is 0 Å². The molecule has 0 amide bonds. The Hall–Kier alpha value is -1.37. The summed E-state index contributed by atoms with van der Waals surface area (Å²) >= 11 is 0. The van der Waals surface area contributed by atoms with Crippen LogP contribution in [0.4, 0.5) is 0 Å². The zero-order chi connectivity index (χ0) is 13.1. The minimum Gasteiger partial charge on any atom is -0.475 e. The largest absolute Gasteiger partial charge is 0.475 e. The van der Waals surface area contributed by atoms with Gasteiger partial charge >= 0.3 is 5.97 Å². The molecule has 18 heavy (non-hydrogen) atoms. The lowest BCUT2D eigenvalue weighted by Gasteiger charge is -2.39. The van der Waals surface area contributed by atoms with Crippen molar-refractivity contribution in [3.05, 3.63) is 23.7 Å². The number of likely N-dealkylation sites (N-methyl/N-ethyl adjacent to an activating group) is 1. The number of hydrogen-bond donors (Lipinski definition) is 2. The summed E-state index contributed by atoms with van der Waals surface area (Å²) in [6.45, 7) is 4.05. The maximum Gasteiger partial charge on any atom is 0.371 e. The van der Waals surface area contributed by atoms with Crippen molar-refractivity contribution in [2.45, 2.75) is 12.6 Å². The third kappa shape index (κ3) is 2.90. The third-order valence-electron chi connectivity index (χ3n) is 3.31. The molecule has 0 radical (unpaired) electrons. The van der Waals surface area contributed by atoms with Crippen LogP contribution in [0.3, 0.4) is 0 Å². The first-order valence-electron chi connectivity index (χ1n) is 6.05. The molecule has 0 bridgehead atoms. The van der Waals surface area contributed by atoms with Crippen molar-refractivity contribution >= 4 is 5.97 Å². The molecule has 1 aromatic heterocycles. The second-order valence-electron chi connectivity index (χ2n) is 4.69. The minimum atomic E-state index is -1.03. The molecule has 1 aromatic rings. The van der Waals surface area contributed by atoms with E-state index >= 15 is 0 Å². The van der Waals surface area contributed by atoms with E-state index in [-0.39, 0.29) is 5.76 Å². The first-order valence-corrected chi connectivity index (χ1v) is 6.05. The highest BCUT2D eigenvalue weighted by molar-refractivity contribution is 5.84. The molecule has 0 saturated carbocycles. The predicted molar refractivity (Wildman–Crippen MR) is 66.4 cm³/mol. The molecule has 6 heteroatoms. The molecule has 1 atom stereocenters. The summed E-state index contributed by atoms with van der Waals surface area (Å²) in [6.07, 6.45) is 0. The Kier molecular flexibility index (Phi) is 4.00. The summed E-state index contributed by atoms with van der Waals surface area (Å²) in [5.74, 6) is -0.367. The monoisotopic (exact) mass is 253 g/mol. The lowest BCUT2D eigenvalue weighted by atomic mass is 10.1. The summed E-state index contributed by atoms with van der Waals surface area (Å²) < 4.78 is 5.27. The quantitative estimate of drug-likeness (QED) is 0.789. The Morgan fingerprint density at radius 1 is 1.56 bits per heavy atom. The fraction of sp³-hybridized carbons (Fsp3) is 0.583. The molecule has 0 spiro atoms. The van der Waals surface area contributed by atoms with Gasteiger partial charge < -0.3 is 20.2 Å². The highest BCUT2D eigenvalue weighted by atomic mass is 16.4. The molecule has 2 rings (SSSR count). The lowest BCUT2D eigenvalue weighted by Crippen LogP contribution is -2.54. The molecule has 1 fully saturated rings. The van der Waals surface area contributed by atoms with Crippen LogP contribution < -0.4 is 5.73 Å². The van der Waals surface area contributed by atoms with Gasteiger partial charge in [0.15, 0.2) is 0 Å². The van der Waals surface area contributed by atoms with Crippen LogP contribution in [-0.4, -0.2) is 60.1 Å². The number of piperazine rings is 1. The molecule has 6 nitrogen and oxygen atoms in total. The third-order valence-corrected chi connectivity index (χ3v) is 3.31. The zero-order valence-corrected chi connectivity index (χ0v) is 10.5. The molecule has 1 aliphatic heterocycles. The Balaban J connectivity index is 2.00. The van der Waals surface area contributed by atoms with Crippen molar-refractivity contribution in [2.24, 2.45) is 5.73 Å². The van der Waals surface area contributed by atoms with Gasteiger partial charge in [-0.1, -0.05) is 0 Å². The second-order valence-corrected chi connectivity index (χ2v) is 4.69. The van der Waals surface area contributed by atoms with Gasteiger partial charge in [0, 0.05) is 32.2 Å². The highest BCUT2D eigenvalue weighted by Gasteiger charge is 2.25. The Bertz CT molecular complexity index is 418. The summed E-state index contributed by atoms with van der Waals surface area (Å²) in [5, 5.41) is 8.80. The average Bonchev–Trinajstić information content (AvgIpc) is 2.80. The molecular weight excluding hydrogens is 234 g/mol. The van der Waals surface area contributed by atoms with Crippen LogP contribution in [0.2, 0.25) is 0 Å². The van der Waals surface area contributed by atoms with Crippen LogP contribution in [0.1, 0.15) is 16.3 Å². The number of rotatable bonds is 4. The van der Waals surface area contributed by atoms with Crippen LogP contribution >= 0.6 is 0 Å². The Labute approximate surface area is 106 Å². The smallest absolute Gasteiger partial charge is 0.371 e. The van der Waals surface area contributed by atoms with Crippen molar-refractivity contribution in [1.82, 2.24) is 9.80 Å². The van der Waals surface area contributed by atoms with Crippen molar-refractivity contribution in [3.63, 3.8) is 0 Å². The van der Waals surface area contributed by atoms with Gasteiger partial charge in [0.25, 0.3) is 0 Å². The van der Waals surface area contributed by atoms with E-state index in [4.69, 9.17) is 15.3 Å². The van der Waals surface area contributed by atoms with E-state index < -0.39 is 5.97 Å². The summed E-state index contributed by atoms with van der Waals surface area (Å²) in [4.78, 5) is 15.2. The highest BCUT2D eigenvalue weighted by Crippen LogP contribution is 2.15. The summed E-state index contributed by atoms with van der Waals surface area (Å²) in [6, 6.07) is 3.50. The van der Waals surface area contributed by atoms with Gasteiger partial charge in [0.2, 0.25) is 5.76 Å². The Morgan fingerprint density at radius 2 is 2.33 bits per heavy atom. The number of aromatic carboxylic acids is 1. The molecule has 0 aliphatic carbocycles. The molecule has 3 N–H and O–H groups in total. The molecule has 0 aromatic carbocycles. The normalized spacial score (nSPS) is 22.2. The maximum absolute atomic E-state index is 10.7. The molecular formula is C12H19N3O3. The van der Waals surface area contributed by atoms with Crippen LogP contribution in [0, 0.1) is 0 Å².